The number of nitrogens with zero attached hydrogens (tertiary/aromatic N) is 1. The summed E-state index contributed by atoms with van der Waals surface area (Å²) in [7, 11) is -1.17. The number of aliphatic hydroxyl groups is 1. The molecule has 5 nitrogen and oxygen atoms in total. The van der Waals surface area contributed by atoms with Crippen molar-refractivity contribution >= 4 is 24.8 Å². The molecule has 6 heteroatoms. The predicted octanol–water partition coefficient (Wildman–Crippen LogP) is 4.59. The van der Waals surface area contributed by atoms with Crippen LogP contribution in [0, 0.1) is 5.92 Å². The van der Waals surface area contributed by atoms with Gasteiger partial charge in [0, 0.05) is 19.5 Å². The maximum Gasteiger partial charge on any atom is 0.410 e. The first-order valence-corrected chi connectivity index (χ1v) is 13.7. The Bertz CT molecular complexity index is 879. The lowest BCUT2D eigenvalue weighted by Gasteiger charge is -2.46. The molecule has 0 aliphatic rings. The van der Waals surface area contributed by atoms with E-state index in [1.165, 1.54) is 4.90 Å². The fourth-order valence-corrected chi connectivity index (χ4v) is 8.98. The van der Waals surface area contributed by atoms with Crippen molar-refractivity contribution in [3.05, 3.63) is 73.3 Å². The van der Waals surface area contributed by atoms with Gasteiger partial charge in [-0.15, -0.1) is 6.58 Å². The minimum absolute atomic E-state index is 0.151. The lowest BCUT2D eigenvalue weighted by molar-refractivity contribution is 0.0193. The van der Waals surface area contributed by atoms with Gasteiger partial charge in [0.1, 0.15) is 5.60 Å². The van der Waals surface area contributed by atoms with Crippen LogP contribution in [0.1, 0.15) is 41.5 Å². The lowest BCUT2D eigenvalue weighted by Crippen LogP contribution is -2.68. The summed E-state index contributed by atoms with van der Waals surface area (Å²) in [6.07, 6.45) is 0.851. The van der Waals surface area contributed by atoms with Crippen LogP contribution in [-0.2, 0) is 9.16 Å². The Kier molecular flexibility index (Phi) is 9.28. The van der Waals surface area contributed by atoms with E-state index in [2.05, 4.69) is 51.6 Å². The minimum Gasteiger partial charge on any atom is -0.444 e. The van der Waals surface area contributed by atoms with Crippen molar-refractivity contribution in [1.29, 1.82) is 0 Å². The number of aliphatic hydroxyl groups excluding tert-OH is 1. The summed E-state index contributed by atoms with van der Waals surface area (Å²) in [5.41, 5.74) is -0.594. The molecule has 1 amide bonds. The second-order valence-corrected chi connectivity index (χ2v) is 15.0. The molecular weight excluding hydrogens is 442 g/mol. The molecular formula is C28H41NO4Si. The van der Waals surface area contributed by atoms with Crippen LogP contribution in [0.2, 0.25) is 5.04 Å². The summed E-state index contributed by atoms with van der Waals surface area (Å²) >= 11 is 0. The largest absolute Gasteiger partial charge is 0.444 e. The molecule has 0 spiro atoms. The van der Waals surface area contributed by atoms with Gasteiger partial charge in [0.25, 0.3) is 8.32 Å². The molecule has 186 valence electrons. The first-order chi connectivity index (χ1) is 15.9. The quantitative estimate of drug-likeness (QED) is 0.419. The Morgan fingerprint density at radius 3 is 1.82 bits per heavy atom. The molecule has 0 aliphatic carbocycles. The van der Waals surface area contributed by atoms with Gasteiger partial charge in [0.05, 0.1) is 12.7 Å². The smallest absolute Gasteiger partial charge is 0.410 e. The Hall–Kier alpha value is -2.41. The topological polar surface area (TPSA) is 59.0 Å². The van der Waals surface area contributed by atoms with Crippen LogP contribution >= 0.6 is 0 Å². The average Bonchev–Trinajstić information content (AvgIpc) is 2.77. The van der Waals surface area contributed by atoms with E-state index < -0.39 is 26.1 Å². The van der Waals surface area contributed by atoms with Gasteiger partial charge in [-0.25, -0.2) is 4.79 Å². The van der Waals surface area contributed by atoms with Crippen molar-refractivity contribution in [3.63, 3.8) is 0 Å². The summed E-state index contributed by atoms with van der Waals surface area (Å²) in [5, 5.41) is 12.4. The number of rotatable bonds is 9. The first kappa shape index (κ1) is 27.8. The normalized spacial score (nSPS) is 14.2. The molecule has 0 saturated heterocycles. The number of carbonyl (C=O) groups is 1. The highest BCUT2D eigenvalue weighted by molar-refractivity contribution is 6.99. The van der Waals surface area contributed by atoms with Crippen LogP contribution in [-0.4, -0.2) is 56.3 Å². The minimum atomic E-state index is -2.85. The van der Waals surface area contributed by atoms with Gasteiger partial charge in [0.15, 0.2) is 0 Å². The molecule has 0 aromatic heterocycles. The van der Waals surface area contributed by atoms with E-state index in [9.17, 15) is 9.90 Å². The van der Waals surface area contributed by atoms with E-state index >= 15 is 0 Å². The Labute approximate surface area is 206 Å². The first-order valence-electron chi connectivity index (χ1n) is 11.8. The Morgan fingerprint density at radius 2 is 1.47 bits per heavy atom. The third kappa shape index (κ3) is 6.59. The molecule has 0 radical (unpaired) electrons. The highest BCUT2D eigenvalue weighted by Crippen LogP contribution is 2.38. The molecule has 2 aromatic rings. The van der Waals surface area contributed by atoms with E-state index in [-0.39, 0.29) is 24.1 Å². The Morgan fingerprint density at radius 1 is 1.00 bits per heavy atom. The maximum atomic E-state index is 12.6. The maximum absolute atomic E-state index is 12.6. The van der Waals surface area contributed by atoms with Crippen LogP contribution in [0.5, 0.6) is 0 Å². The molecule has 0 heterocycles. The molecule has 2 rings (SSSR count). The van der Waals surface area contributed by atoms with Gasteiger partial charge in [-0.05, 0) is 36.2 Å². The average molecular weight is 484 g/mol. The number of hydrogen-bond acceptors (Lipinski definition) is 4. The molecule has 0 fully saturated rings. The van der Waals surface area contributed by atoms with Gasteiger partial charge < -0.3 is 19.2 Å². The number of amides is 1. The van der Waals surface area contributed by atoms with Crippen molar-refractivity contribution in [1.82, 2.24) is 4.90 Å². The lowest BCUT2D eigenvalue weighted by atomic mass is 10.0. The third-order valence-electron chi connectivity index (χ3n) is 5.87. The van der Waals surface area contributed by atoms with E-state index in [4.69, 9.17) is 9.16 Å². The summed E-state index contributed by atoms with van der Waals surface area (Å²) in [6, 6.07) is 20.7. The SMILES string of the molecule is C=CC(O[Si](c1ccccc1)(c1ccccc1)C(C)(C)C)C(CO)CN(C)C(=O)OC(C)(C)C. The summed E-state index contributed by atoms with van der Waals surface area (Å²) < 4.78 is 12.6. The second kappa shape index (κ2) is 11.3. The fraction of sp³-hybridized carbons (Fsp3) is 0.464. The predicted molar refractivity (Wildman–Crippen MR) is 142 cm³/mol. The van der Waals surface area contributed by atoms with E-state index in [0.717, 1.165) is 10.4 Å². The number of benzene rings is 2. The molecule has 1 N–H and O–H groups in total. The van der Waals surface area contributed by atoms with Gasteiger partial charge in [-0.2, -0.15) is 0 Å². The highest BCUT2D eigenvalue weighted by atomic mass is 28.4. The molecule has 2 unspecified atom stereocenters. The zero-order valence-corrected chi connectivity index (χ0v) is 22.7. The summed E-state index contributed by atoms with van der Waals surface area (Å²) in [4.78, 5) is 14.1. The van der Waals surface area contributed by atoms with E-state index in [0.29, 0.717) is 0 Å². The van der Waals surface area contributed by atoms with Crippen LogP contribution < -0.4 is 10.4 Å². The Balaban J connectivity index is 2.49. The van der Waals surface area contributed by atoms with Crippen LogP contribution in [0.3, 0.4) is 0 Å². The van der Waals surface area contributed by atoms with Gasteiger partial charge in [-0.1, -0.05) is 87.5 Å². The van der Waals surface area contributed by atoms with Crippen molar-refractivity contribution in [3.8, 4) is 0 Å². The van der Waals surface area contributed by atoms with Gasteiger partial charge in [-0.3, -0.25) is 0 Å². The van der Waals surface area contributed by atoms with E-state index in [1.807, 2.05) is 57.2 Å². The standard InChI is InChI=1S/C28H41NO4Si/c1-9-25(22(21-30)20-29(8)26(31)32-27(2,3)4)33-34(28(5,6)7,23-16-12-10-13-17-23)24-18-14-11-15-19-24/h9-19,22,25,30H,1,20-21H2,2-8H3. The van der Waals surface area contributed by atoms with Crippen LogP contribution in [0.25, 0.3) is 0 Å². The number of hydrogen-bond donors (Lipinski definition) is 1. The fourth-order valence-electron chi connectivity index (χ4n) is 4.26. The molecule has 2 aromatic carbocycles. The highest BCUT2D eigenvalue weighted by Gasteiger charge is 2.51. The van der Waals surface area contributed by atoms with Crippen LogP contribution in [0.15, 0.2) is 73.3 Å². The molecule has 0 bridgehead atoms. The number of carbonyl (C=O) groups excluding carboxylic acids is 1. The number of ether oxygens (including phenoxy) is 1. The summed E-state index contributed by atoms with van der Waals surface area (Å²) in [6.45, 7) is 16.3. The molecule has 0 aliphatic heterocycles. The van der Waals surface area contributed by atoms with Gasteiger partial charge >= 0.3 is 6.09 Å². The molecule has 34 heavy (non-hydrogen) atoms. The zero-order chi connectivity index (χ0) is 25.6. The summed E-state index contributed by atoms with van der Waals surface area (Å²) in [5.74, 6) is -0.364. The zero-order valence-electron chi connectivity index (χ0n) is 21.7. The molecule has 0 saturated carbocycles. The van der Waals surface area contributed by atoms with Crippen molar-refractivity contribution in [2.45, 2.75) is 58.3 Å². The van der Waals surface area contributed by atoms with Crippen molar-refractivity contribution in [2.24, 2.45) is 5.92 Å². The van der Waals surface area contributed by atoms with Crippen molar-refractivity contribution in [2.75, 3.05) is 20.2 Å². The van der Waals surface area contributed by atoms with Gasteiger partial charge in [0.2, 0.25) is 0 Å². The van der Waals surface area contributed by atoms with E-state index in [1.54, 1.807) is 13.1 Å². The third-order valence-corrected chi connectivity index (χ3v) is 10.9. The van der Waals surface area contributed by atoms with Crippen LogP contribution in [0.4, 0.5) is 4.79 Å². The molecule has 2 atom stereocenters. The second-order valence-electron chi connectivity index (χ2n) is 10.8. The van der Waals surface area contributed by atoms with Crippen molar-refractivity contribution < 1.29 is 19.1 Å². The monoisotopic (exact) mass is 483 g/mol.